The third-order valence-electron chi connectivity index (χ3n) is 10.0. The van der Waals surface area contributed by atoms with Gasteiger partial charge in [-0.05, 0) is 89.7 Å². The lowest BCUT2D eigenvalue weighted by Crippen LogP contribution is -2.10. The van der Waals surface area contributed by atoms with E-state index in [0.717, 1.165) is 21.9 Å². The quantitative estimate of drug-likeness (QED) is 0.177. The fourth-order valence-corrected chi connectivity index (χ4v) is 7.65. The molecule has 1 nitrogen and oxygen atoms in total. The second-order valence-electron chi connectivity index (χ2n) is 14.1. The highest BCUT2D eigenvalue weighted by molar-refractivity contribution is 6.22. The van der Waals surface area contributed by atoms with Gasteiger partial charge in [0.2, 0.25) is 0 Å². The summed E-state index contributed by atoms with van der Waals surface area (Å²) in [7, 11) is 0. The molecule has 8 aromatic carbocycles. The largest absolute Gasteiger partial charge is 0.456 e. The number of benzene rings is 8. The van der Waals surface area contributed by atoms with Crippen LogP contribution in [0, 0.1) is 0 Å². The predicted octanol–water partition coefficient (Wildman–Crippen LogP) is 13.9. The molecule has 0 radical (unpaired) electrons. The van der Waals surface area contributed by atoms with Gasteiger partial charge in [-0.1, -0.05) is 166 Å². The molecule has 1 heterocycles. The van der Waals surface area contributed by atoms with E-state index in [1.807, 2.05) is 6.07 Å². The highest BCUT2D eigenvalue weighted by Crippen LogP contribution is 2.47. The molecule has 0 amide bonds. The van der Waals surface area contributed by atoms with E-state index in [-0.39, 0.29) is 5.41 Å². The SMILES string of the molecule is CC(C)(C)c1ccc2c(-c3ccc(-c4c(-c5ccccc5)ccc5oc6ccccc6c45)cc3)c3ccccc3c(-c3ccccc3)c2c1. The van der Waals surface area contributed by atoms with Crippen molar-refractivity contribution < 1.29 is 4.42 Å². The van der Waals surface area contributed by atoms with Gasteiger partial charge < -0.3 is 4.42 Å². The summed E-state index contributed by atoms with van der Waals surface area (Å²) in [6.45, 7) is 6.89. The summed E-state index contributed by atoms with van der Waals surface area (Å²) in [5.74, 6) is 0. The Balaban J connectivity index is 1.31. The van der Waals surface area contributed by atoms with Gasteiger partial charge in [0.25, 0.3) is 0 Å². The van der Waals surface area contributed by atoms with Gasteiger partial charge in [-0.2, -0.15) is 0 Å². The predicted molar refractivity (Wildman–Crippen MR) is 209 cm³/mol. The zero-order chi connectivity index (χ0) is 33.1. The standard InChI is InChI=1S/C48H36O/c1-48(2,3)35-26-27-39-41(30-35)45(32-16-8-5-9-17-32)38-19-11-10-18-37(38)44(39)33-22-24-34(25-23-33)46-36(31-14-6-4-7-15-31)28-29-43-47(46)40-20-12-13-21-42(40)49-43/h4-30H,1-3H3. The zero-order valence-corrected chi connectivity index (χ0v) is 28.0. The Labute approximate surface area is 287 Å². The van der Waals surface area contributed by atoms with Crippen LogP contribution in [0.3, 0.4) is 0 Å². The Morgan fingerprint density at radius 1 is 0.367 bits per heavy atom. The van der Waals surface area contributed by atoms with Crippen LogP contribution in [-0.2, 0) is 5.41 Å². The lowest BCUT2D eigenvalue weighted by molar-refractivity contribution is 0.591. The normalized spacial score (nSPS) is 12.0. The van der Waals surface area contributed by atoms with Crippen LogP contribution in [0.4, 0.5) is 0 Å². The van der Waals surface area contributed by atoms with Crippen LogP contribution in [0.25, 0.3) is 88.0 Å². The first-order valence-electron chi connectivity index (χ1n) is 17.1. The molecule has 49 heavy (non-hydrogen) atoms. The molecule has 0 saturated heterocycles. The minimum Gasteiger partial charge on any atom is -0.456 e. The van der Waals surface area contributed by atoms with Gasteiger partial charge in [0.15, 0.2) is 0 Å². The lowest BCUT2D eigenvalue weighted by Gasteiger charge is -2.23. The molecule has 0 N–H and O–H groups in total. The number of hydrogen-bond donors (Lipinski definition) is 0. The minimum absolute atomic E-state index is 0.0321. The molecule has 0 aliphatic rings. The zero-order valence-electron chi connectivity index (χ0n) is 28.0. The van der Waals surface area contributed by atoms with Crippen molar-refractivity contribution in [1.29, 1.82) is 0 Å². The fourth-order valence-electron chi connectivity index (χ4n) is 7.65. The summed E-state index contributed by atoms with van der Waals surface area (Å²) in [5, 5.41) is 7.38. The van der Waals surface area contributed by atoms with E-state index in [9.17, 15) is 0 Å². The lowest BCUT2D eigenvalue weighted by atomic mass is 9.81. The molecule has 0 bridgehead atoms. The fraction of sp³-hybridized carbons (Fsp3) is 0.0833. The highest BCUT2D eigenvalue weighted by Gasteiger charge is 2.21. The van der Waals surface area contributed by atoms with Crippen molar-refractivity contribution in [2.24, 2.45) is 0 Å². The summed E-state index contributed by atoms with van der Waals surface area (Å²) in [4.78, 5) is 0. The highest BCUT2D eigenvalue weighted by atomic mass is 16.3. The molecule has 0 spiro atoms. The first-order valence-corrected chi connectivity index (χ1v) is 17.1. The average molecular weight is 629 g/mol. The van der Waals surface area contributed by atoms with E-state index in [1.165, 1.54) is 71.6 Å². The number of para-hydroxylation sites is 1. The number of furan rings is 1. The van der Waals surface area contributed by atoms with E-state index in [1.54, 1.807) is 0 Å². The van der Waals surface area contributed by atoms with Gasteiger partial charge in [0.05, 0.1) is 0 Å². The smallest absolute Gasteiger partial charge is 0.136 e. The van der Waals surface area contributed by atoms with Crippen molar-refractivity contribution in [2.45, 2.75) is 26.2 Å². The molecule has 0 unspecified atom stereocenters. The van der Waals surface area contributed by atoms with E-state index in [2.05, 4.69) is 178 Å². The number of hydrogen-bond acceptors (Lipinski definition) is 1. The van der Waals surface area contributed by atoms with Crippen molar-refractivity contribution in [1.82, 2.24) is 0 Å². The van der Waals surface area contributed by atoms with Crippen molar-refractivity contribution >= 4 is 43.5 Å². The topological polar surface area (TPSA) is 13.1 Å². The van der Waals surface area contributed by atoms with Crippen molar-refractivity contribution in [3.63, 3.8) is 0 Å². The Morgan fingerprint density at radius 2 is 0.878 bits per heavy atom. The van der Waals surface area contributed by atoms with Crippen LogP contribution in [-0.4, -0.2) is 0 Å². The van der Waals surface area contributed by atoms with Crippen LogP contribution in [0.5, 0.6) is 0 Å². The first kappa shape index (κ1) is 29.2. The van der Waals surface area contributed by atoms with Crippen LogP contribution in [0.1, 0.15) is 26.3 Å². The van der Waals surface area contributed by atoms with Gasteiger partial charge in [0, 0.05) is 16.3 Å². The maximum atomic E-state index is 6.38. The van der Waals surface area contributed by atoms with E-state index < -0.39 is 0 Å². The van der Waals surface area contributed by atoms with Crippen LogP contribution in [0.15, 0.2) is 168 Å². The maximum absolute atomic E-state index is 6.38. The van der Waals surface area contributed by atoms with Gasteiger partial charge in [-0.3, -0.25) is 0 Å². The third kappa shape index (κ3) is 4.85. The van der Waals surface area contributed by atoms with Gasteiger partial charge >= 0.3 is 0 Å². The Bertz CT molecular complexity index is 2650. The molecule has 0 aliphatic carbocycles. The summed E-state index contributed by atoms with van der Waals surface area (Å²) in [6.07, 6.45) is 0. The van der Waals surface area contributed by atoms with Gasteiger partial charge in [0.1, 0.15) is 11.2 Å². The molecule has 0 atom stereocenters. The number of rotatable bonds is 4. The maximum Gasteiger partial charge on any atom is 0.136 e. The van der Waals surface area contributed by atoms with E-state index in [0.29, 0.717) is 0 Å². The molecule has 9 aromatic rings. The molecular formula is C48H36O. The molecule has 234 valence electrons. The van der Waals surface area contributed by atoms with E-state index in [4.69, 9.17) is 4.42 Å². The molecule has 1 aromatic heterocycles. The monoisotopic (exact) mass is 628 g/mol. The number of fused-ring (bicyclic) bond motifs is 5. The van der Waals surface area contributed by atoms with Crippen molar-refractivity contribution in [3.05, 3.63) is 169 Å². The molecule has 0 aliphatic heterocycles. The average Bonchev–Trinajstić information content (AvgIpc) is 3.52. The third-order valence-corrected chi connectivity index (χ3v) is 10.0. The van der Waals surface area contributed by atoms with Crippen LogP contribution < -0.4 is 0 Å². The molecule has 0 fully saturated rings. The molecule has 0 saturated carbocycles. The second kappa shape index (κ2) is 11.4. The van der Waals surface area contributed by atoms with Gasteiger partial charge in [-0.25, -0.2) is 0 Å². The molecular weight excluding hydrogens is 593 g/mol. The summed E-state index contributed by atoms with van der Waals surface area (Å²) < 4.78 is 6.38. The van der Waals surface area contributed by atoms with Gasteiger partial charge in [-0.15, -0.1) is 0 Å². The summed E-state index contributed by atoms with van der Waals surface area (Å²) >= 11 is 0. The summed E-state index contributed by atoms with van der Waals surface area (Å²) in [6, 6.07) is 59.5. The van der Waals surface area contributed by atoms with E-state index >= 15 is 0 Å². The van der Waals surface area contributed by atoms with Crippen molar-refractivity contribution in [3.8, 4) is 44.5 Å². The van der Waals surface area contributed by atoms with Crippen LogP contribution in [0.2, 0.25) is 0 Å². The second-order valence-corrected chi connectivity index (χ2v) is 14.1. The minimum atomic E-state index is 0.0321. The molecule has 1 heteroatoms. The first-order chi connectivity index (χ1) is 24.0. The van der Waals surface area contributed by atoms with Crippen LogP contribution >= 0.6 is 0 Å². The Hall–Kier alpha value is -5.92. The molecule has 9 rings (SSSR count). The Morgan fingerprint density at radius 3 is 1.53 bits per heavy atom. The Kier molecular flexibility index (Phi) is 6.78. The van der Waals surface area contributed by atoms with Crippen molar-refractivity contribution in [2.75, 3.05) is 0 Å². The summed E-state index contributed by atoms with van der Waals surface area (Å²) in [5.41, 5.74) is 13.0.